The molecule has 2 aliphatic carbocycles. The topological polar surface area (TPSA) is 132 Å². The van der Waals surface area contributed by atoms with Crippen LogP contribution in [0.15, 0.2) is 23.3 Å². The van der Waals surface area contributed by atoms with Crippen LogP contribution in [0.4, 0.5) is 0 Å². The molecule has 9 heteroatoms. The largest absolute Gasteiger partial charge is 0.469 e. The van der Waals surface area contributed by atoms with Gasteiger partial charge in [-0.05, 0) is 76.5 Å². The molecule has 9 nitrogen and oxygen atoms in total. The Bertz CT molecular complexity index is 1000. The summed E-state index contributed by atoms with van der Waals surface area (Å²) in [5, 5.41) is 31.5. The monoisotopic (exact) mass is 580 g/mol. The Hall–Kier alpha value is -1.78. The molecule has 0 aromatic rings. The molecule has 1 saturated carbocycles. The van der Waals surface area contributed by atoms with E-state index < -0.39 is 54.3 Å². The van der Waals surface area contributed by atoms with Crippen LogP contribution in [0.5, 0.6) is 0 Å². The van der Waals surface area contributed by atoms with Crippen LogP contribution in [0.25, 0.3) is 0 Å². The minimum Gasteiger partial charge on any atom is -0.469 e. The first-order valence-electron chi connectivity index (χ1n) is 15.0. The molecule has 1 aliphatic heterocycles. The molecule has 234 valence electrons. The Morgan fingerprint density at radius 2 is 1.83 bits per heavy atom. The molecule has 0 spiro atoms. The lowest BCUT2D eigenvalue weighted by atomic mass is 9.46. The van der Waals surface area contributed by atoms with Gasteiger partial charge in [0.15, 0.2) is 6.29 Å². The van der Waals surface area contributed by atoms with Crippen LogP contribution >= 0.6 is 0 Å². The number of allylic oxidation sites excluding steroid dienone is 3. The van der Waals surface area contributed by atoms with Crippen molar-refractivity contribution in [3.63, 3.8) is 0 Å². The van der Waals surface area contributed by atoms with Gasteiger partial charge in [0.2, 0.25) is 0 Å². The Morgan fingerprint density at radius 1 is 1.17 bits per heavy atom. The summed E-state index contributed by atoms with van der Waals surface area (Å²) in [6, 6.07) is 0. The highest BCUT2D eigenvalue weighted by atomic mass is 16.7. The van der Waals surface area contributed by atoms with Crippen molar-refractivity contribution in [3.05, 3.63) is 23.3 Å². The van der Waals surface area contributed by atoms with Crippen LogP contribution < -0.4 is 0 Å². The van der Waals surface area contributed by atoms with E-state index in [1.807, 2.05) is 0 Å². The van der Waals surface area contributed by atoms with E-state index in [1.165, 1.54) is 12.7 Å². The Morgan fingerprint density at radius 3 is 2.44 bits per heavy atom. The zero-order chi connectivity index (χ0) is 30.9. The highest BCUT2D eigenvalue weighted by molar-refractivity contribution is 5.87. The summed E-state index contributed by atoms with van der Waals surface area (Å²) in [6.07, 6.45) is 0.0831. The molecule has 3 aliphatic rings. The molecule has 0 radical (unpaired) electrons. The number of carbonyl (C=O) groups is 2. The third kappa shape index (κ3) is 6.90. The fraction of sp³-hybridized carbons (Fsp3) is 0.812. The van der Waals surface area contributed by atoms with E-state index in [0.29, 0.717) is 18.4 Å². The molecule has 1 saturated heterocycles. The summed E-state index contributed by atoms with van der Waals surface area (Å²) in [6.45, 7) is 15.8. The Balaban J connectivity index is 1.97. The van der Waals surface area contributed by atoms with Crippen LogP contribution in [0.3, 0.4) is 0 Å². The lowest BCUT2D eigenvalue weighted by molar-refractivity contribution is -0.325. The lowest BCUT2D eigenvalue weighted by Gasteiger charge is -2.61. The van der Waals surface area contributed by atoms with E-state index in [0.717, 1.165) is 19.3 Å². The van der Waals surface area contributed by atoms with Gasteiger partial charge in [-0.1, -0.05) is 45.4 Å². The maximum absolute atomic E-state index is 13.1. The molecule has 0 aromatic heterocycles. The number of ether oxygens (including phenoxy) is 4. The molecule has 0 amide bonds. The van der Waals surface area contributed by atoms with Gasteiger partial charge in [-0.25, -0.2) is 4.79 Å². The second-order valence-electron chi connectivity index (χ2n) is 13.4. The van der Waals surface area contributed by atoms with Crippen molar-refractivity contribution in [1.82, 2.24) is 0 Å². The molecule has 0 unspecified atom stereocenters. The van der Waals surface area contributed by atoms with Crippen LogP contribution in [0.2, 0.25) is 0 Å². The summed E-state index contributed by atoms with van der Waals surface area (Å²) in [4.78, 5) is 24.9. The standard InChI is InChI=1S/C32H52O9/c1-10-18(3)29(37)41-28-22(40-30-27(36)26(35)25(34)20(5)39-30)16-32(8)21(13-11-17(2)15-24(33)38-9)19(4)12-14-23(32)31(28,6)7/h10,12,17,20-23,25-28,30,34-36H,11,13-16H2,1-9H3/b18-10+/t17-,20+,21-,22+,23-,25-,26-,27+,28-,30-,32+/m1/s1. The molecule has 11 atom stereocenters. The van der Waals surface area contributed by atoms with Crippen LogP contribution in [0.1, 0.15) is 87.5 Å². The van der Waals surface area contributed by atoms with Gasteiger partial charge in [-0.2, -0.15) is 0 Å². The van der Waals surface area contributed by atoms with E-state index in [2.05, 4.69) is 40.7 Å². The van der Waals surface area contributed by atoms with E-state index in [-0.39, 0.29) is 29.1 Å². The number of carbonyl (C=O) groups excluding carboxylic acids is 2. The fourth-order valence-corrected chi connectivity index (χ4v) is 7.58. The van der Waals surface area contributed by atoms with Crippen molar-refractivity contribution in [3.8, 4) is 0 Å². The SMILES string of the molecule is C/C=C(\C)C(=O)O[C@@H]1[C@@H](O[C@H]2O[C@@H](C)[C@@H](O)[C@@H](O)[C@@H]2O)C[C@@]2(C)[C@H](CC[C@@H](C)CC(=O)OC)C(C)=CC[C@@H]2C1(C)C. The molecule has 0 bridgehead atoms. The first-order valence-corrected chi connectivity index (χ1v) is 15.0. The maximum Gasteiger partial charge on any atom is 0.333 e. The highest BCUT2D eigenvalue weighted by Gasteiger charge is 2.61. The van der Waals surface area contributed by atoms with E-state index in [9.17, 15) is 24.9 Å². The van der Waals surface area contributed by atoms with Crippen LogP contribution in [-0.4, -0.2) is 77.3 Å². The lowest BCUT2D eigenvalue weighted by Crippen LogP contribution is -2.64. The van der Waals surface area contributed by atoms with Crippen molar-refractivity contribution in [2.45, 2.75) is 130 Å². The predicted molar refractivity (Wildman–Crippen MR) is 153 cm³/mol. The number of esters is 2. The number of methoxy groups -OCH3 is 1. The van der Waals surface area contributed by atoms with Crippen LogP contribution in [0, 0.1) is 28.6 Å². The first-order chi connectivity index (χ1) is 19.1. The van der Waals surface area contributed by atoms with Crippen LogP contribution in [-0.2, 0) is 28.5 Å². The Labute approximate surface area is 245 Å². The van der Waals surface area contributed by atoms with Gasteiger partial charge in [0.1, 0.15) is 24.4 Å². The van der Waals surface area contributed by atoms with Crippen molar-refractivity contribution in [2.24, 2.45) is 28.6 Å². The summed E-state index contributed by atoms with van der Waals surface area (Å²) in [5.74, 6) is -0.109. The smallest absolute Gasteiger partial charge is 0.333 e. The maximum atomic E-state index is 13.1. The number of aliphatic hydroxyl groups is 3. The average molecular weight is 581 g/mol. The molecule has 41 heavy (non-hydrogen) atoms. The predicted octanol–water partition coefficient (Wildman–Crippen LogP) is 4.08. The first kappa shape index (κ1) is 33.7. The van der Waals surface area contributed by atoms with Crippen molar-refractivity contribution >= 4 is 11.9 Å². The van der Waals surface area contributed by atoms with E-state index in [1.54, 1.807) is 26.8 Å². The third-order valence-corrected chi connectivity index (χ3v) is 10.2. The molecule has 2 fully saturated rings. The third-order valence-electron chi connectivity index (χ3n) is 10.2. The molecular weight excluding hydrogens is 528 g/mol. The minimum absolute atomic E-state index is 0.159. The van der Waals surface area contributed by atoms with Gasteiger partial charge in [0.05, 0.1) is 19.3 Å². The molecular formula is C32H52O9. The fourth-order valence-electron chi connectivity index (χ4n) is 7.58. The van der Waals surface area contributed by atoms with Gasteiger partial charge in [-0.3, -0.25) is 4.79 Å². The second-order valence-corrected chi connectivity index (χ2v) is 13.4. The number of hydrogen-bond acceptors (Lipinski definition) is 9. The highest BCUT2D eigenvalue weighted by Crippen LogP contribution is 2.62. The van der Waals surface area contributed by atoms with Gasteiger partial charge in [-0.15, -0.1) is 0 Å². The van der Waals surface area contributed by atoms with E-state index >= 15 is 0 Å². The number of aliphatic hydroxyl groups excluding tert-OH is 3. The number of fused-ring (bicyclic) bond motifs is 1. The van der Waals surface area contributed by atoms with Gasteiger partial charge < -0.3 is 34.3 Å². The molecule has 3 rings (SSSR count). The second kappa shape index (κ2) is 13.2. The Kier molecular flexibility index (Phi) is 10.9. The molecule has 1 heterocycles. The normalized spacial score (nSPS) is 39.8. The van der Waals surface area contributed by atoms with Crippen molar-refractivity contribution in [2.75, 3.05) is 7.11 Å². The minimum atomic E-state index is -1.47. The molecule has 0 aromatic carbocycles. The van der Waals surface area contributed by atoms with Gasteiger partial charge in [0, 0.05) is 17.4 Å². The van der Waals surface area contributed by atoms with E-state index in [4.69, 9.17) is 18.9 Å². The van der Waals surface area contributed by atoms with Crippen molar-refractivity contribution in [1.29, 1.82) is 0 Å². The number of rotatable bonds is 9. The van der Waals surface area contributed by atoms with Gasteiger partial charge in [0.25, 0.3) is 0 Å². The van der Waals surface area contributed by atoms with Crippen molar-refractivity contribution < 1.29 is 43.9 Å². The summed E-state index contributed by atoms with van der Waals surface area (Å²) in [5.41, 5.74) is 1.02. The summed E-state index contributed by atoms with van der Waals surface area (Å²) in [7, 11) is 1.41. The zero-order valence-corrected chi connectivity index (χ0v) is 26.3. The number of hydrogen-bond donors (Lipinski definition) is 3. The quantitative estimate of drug-likeness (QED) is 0.210. The zero-order valence-electron chi connectivity index (χ0n) is 26.3. The summed E-state index contributed by atoms with van der Waals surface area (Å²) >= 11 is 0. The average Bonchev–Trinajstić information content (AvgIpc) is 2.91. The van der Waals surface area contributed by atoms with Gasteiger partial charge >= 0.3 is 11.9 Å². The molecule has 3 N–H and O–H groups in total. The summed E-state index contributed by atoms with van der Waals surface area (Å²) < 4.78 is 23.3.